The van der Waals surface area contributed by atoms with Gasteiger partial charge in [-0.1, -0.05) is 10.2 Å². The summed E-state index contributed by atoms with van der Waals surface area (Å²) in [6.07, 6.45) is 0. The van der Waals surface area contributed by atoms with Gasteiger partial charge in [0.05, 0.1) is 6.54 Å². The summed E-state index contributed by atoms with van der Waals surface area (Å²) in [5.74, 6) is 0. The van der Waals surface area contributed by atoms with E-state index in [0.717, 1.165) is 13.1 Å². The first-order chi connectivity index (χ1) is 4.31. The lowest BCUT2D eigenvalue weighted by Crippen LogP contribution is -2.22. The first-order valence-corrected chi connectivity index (χ1v) is 4.10. The molecule has 0 radical (unpaired) electrons. The minimum Gasteiger partial charge on any atom is -0.318 e. The highest BCUT2D eigenvalue weighted by atomic mass is 31.1. The molecule has 0 aliphatic carbocycles. The molecule has 0 spiro atoms. The Morgan fingerprint density at radius 3 is 2.44 bits per heavy atom. The van der Waals surface area contributed by atoms with Crippen molar-refractivity contribution in [2.24, 2.45) is 0 Å². The maximum Gasteiger partial charge on any atom is 0.531 e. The Hall–Kier alpha value is -0.0200. The Balaban J connectivity index is 2.97. The van der Waals surface area contributed by atoms with Crippen LogP contribution in [0.3, 0.4) is 0 Å². The molecule has 0 aliphatic rings. The van der Waals surface area contributed by atoms with Gasteiger partial charge >= 0.3 is 8.10 Å². The van der Waals surface area contributed by atoms with Gasteiger partial charge < -0.3 is 5.32 Å². The average molecular weight is 150 g/mol. The largest absolute Gasteiger partial charge is 0.531 e. The number of likely N-dealkylation sites (N-methyl/N-ethyl adjacent to an activating group) is 1. The zero-order valence-electron chi connectivity index (χ0n) is 5.77. The Morgan fingerprint density at radius 1 is 1.33 bits per heavy atom. The van der Waals surface area contributed by atoms with Gasteiger partial charge in [-0.3, -0.25) is 0 Å². The molecular weight excluding hydrogens is 137 g/mol. The zero-order chi connectivity index (χ0) is 7.11. The second kappa shape index (κ2) is 6.11. The molecule has 0 aromatic rings. The normalized spacial score (nSPS) is 11.6. The van der Waals surface area contributed by atoms with Crippen LogP contribution in [0.2, 0.25) is 0 Å². The monoisotopic (exact) mass is 150 g/mol. The van der Waals surface area contributed by atoms with Crippen LogP contribution in [-0.2, 0) is 4.57 Å². The van der Waals surface area contributed by atoms with Gasteiger partial charge in [-0.15, -0.1) is 0 Å². The van der Waals surface area contributed by atoms with Gasteiger partial charge in [0, 0.05) is 13.6 Å². The summed E-state index contributed by atoms with van der Waals surface area (Å²) in [6, 6.07) is 0. The highest BCUT2D eigenvalue weighted by Gasteiger charge is 2.07. The van der Waals surface area contributed by atoms with Gasteiger partial charge in [0.15, 0.2) is 0 Å². The van der Waals surface area contributed by atoms with Gasteiger partial charge in [0.1, 0.15) is 0 Å². The average Bonchev–Trinajstić information content (AvgIpc) is 1.89. The molecule has 5 heteroatoms. The van der Waals surface area contributed by atoms with Gasteiger partial charge in [-0.2, -0.15) is 0 Å². The third-order valence-electron chi connectivity index (χ3n) is 0.834. The molecule has 0 aliphatic heterocycles. The predicted octanol–water partition coefficient (Wildman–Crippen LogP) is -0.328. The van der Waals surface area contributed by atoms with Crippen molar-refractivity contribution in [3.63, 3.8) is 0 Å². The topological polar surface area (TPSA) is 53.2 Å². The van der Waals surface area contributed by atoms with Crippen LogP contribution >= 0.6 is 8.10 Å². The molecule has 3 N–H and O–H groups in total. The molecule has 0 heterocycles. The smallest absolute Gasteiger partial charge is 0.318 e. The van der Waals surface area contributed by atoms with Crippen LogP contribution in [0.15, 0.2) is 0 Å². The van der Waals surface area contributed by atoms with Crippen molar-refractivity contribution in [1.29, 1.82) is 0 Å². The van der Waals surface area contributed by atoms with E-state index in [9.17, 15) is 4.57 Å². The van der Waals surface area contributed by atoms with Crippen LogP contribution in [0.4, 0.5) is 0 Å². The predicted molar refractivity (Wildman–Crippen MR) is 38.6 cm³/mol. The van der Waals surface area contributed by atoms with Gasteiger partial charge in [-0.25, -0.2) is 0 Å². The Bertz CT molecular complexity index is 87.9. The van der Waals surface area contributed by atoms with Crippen LogP contribution in [0.1, 0.15) is 0 Å². The van der Waals surface area contributed by atoms with Crippen LogP contribution in [0.5, 0.6) is 0 Å². The van der Waals surface area contributed by atoms with E-state index >= 15 is 0 Å². The van der Waals surface area contributed by atoms with E-state index < -0.39 is 8.10 Å². The summed E-state index contributed by atoms with van der Waals surface area (Å²) >= 11 is 0. The molecule has 0 saturated heterocycles. The van der Waals surface area contributed by atoms with E-state index in [2.05, 4.69) is 15.5 Å². The SMILES string of the molecule is CNCCN[P+](=O)NC. The molecule has 0 aromatic carbocycles. The minimum atomic E-state index is -1.38. The summed E-state index contributed by atoms with van der Waals surface area (Å²) in [5, 5.41) is 8.29. The van der Waals surface area contributed by atoms with E-state index in [1.165, 1.54) is 0 Å². The third kappa shape index (κ3) is 5.86. The molecule has 0 saturated carbocycles. The van der Waals surface area contributed by atoms with Crippen LogP contribution < -0.4 is 15.5 Å². The summed E-state index contributed by atoms with van der Waals surface area (Å²) in [5.41, 5.74) is 0. The van der Waals surface area contributed by atoms with Crippen molar-refractivity contribution >= 4 is 8.10 Å². The minimum absolute atomic E-state index is 0.729. The summed E-state index contributed by atoms with van der Waals surface area (Å²) in [4.78, 5) is 0. The Morgan fingerprint density at radius 2 is 2.00 bits per heavy atom. The molecular formula is C4H13N3OP+. The van der Waals surface area contributed by atoms with Crippen molar-refractivity contribution in [3.8, 4) is 0 Å². The summed E-state index contributed by atoms with van der Waals surface area (Å²) in [7, 11) is 2.13. The fourth-order valence-corrected chi connectivity index (χ4v) is 0.835. The lowest BCUT2D eigenvalue weighted by molar-refractivity contribution is 0.572. The molecule has 0 bridgehead atoms. The highest BCUT2D eigenvalue weighted by molar-refractivity contribution is 7.39. The van der Waals surface area contributed by atoms with Crippen LogP contribution in [0, 0.1) is 0 Å². The maximum absolute atomic E-state index is 10.6. The zero-order valence-corrected chi connectivity index (χ0v) is 6.66. The number of rotatable bonds is 5. The lowest BCUT2D eigenvalue weighted by atomic mass is 10.7. The summed E-state index contributed by atoms with van der Waals surface area (Å²) < 4.78 is 10.6. The molecule has 4 nitrogen and oxygen atoms in total. The van der Waals surface area contributed by atoms with Crippen molar-refractivity contribution in [2.75, 3.05) is 27.2 Å². The number of hydrogen-bond donors (Lipinski definition) is 3. The molecule has 1 unspecified atom stereocenters. The van der Waals surface area contributed by atoms with E-state index in [-0.39, 0.29) is 0 Å². The van der Waals surface area contributed by atoms with Gasteiger partial charge in [0.25, 0.3) is 0 Å². The van der Waals surface area contributed by atoms with Crippen molar-refractivity contribution in [3.05, 3.63) is 0 Å². The lowest BCUT2D eigenvalue weighted by Gasteiger charge is -1.90. The van der Waals surface area contributed by atoms with E-state index in [1.807, 2.05) is 7.05 Å². The van der Waals surface area contributed by atoms with Gasteiger partial charge in [0.2, 0.25) is 0 Å². The van der Waals surface area contributed by atoms with Crippen LogP contribution in [0.25, 0.3) is 0 Å². The Kier molecular flexibility index (Phi) is 6.09. The maximum atomic E-state index is 10.6. The molecule has 0 fully saturated rings. The number of hydrogen-bond acceptors (Lipinski definition) is 2. The van der Waals surface area contributed by atoms with Crippen LogP contribution in [-0.4, -0.2) is 27.2 Å². The highest BCUT2D eigenvalue weighted by Crippen LogP contribution is 2.01. The first-order valence-electron chi connectivity index (χ1n) is 2.84. The van der Waals surface area contributed by atoms with Gasteiger partial charge in [-0.05, 0) is 11.6 Å². The van der Waals surface area contributed by atoms with E-state index in [0.29, 0.717) is 0 Å². The fraction of sp³-hybridized carbons (Fsp3) is 1.00. The second-order valence-electron chi connectivity index (χ2n) is 1.53. The van der Waals surface area contributed by atoms with E-state index in [4.69, 9.17) is 0 Å². The quantitative estimate of drug-likeness (QED) is 0.371. The first kappa shape index (κ1) is 8.98. The standard InChI is InChI=1S/C4H13N3OP/c1-5-3-4-7-9(8)6-2/h5H,3-4H2,1-2H3,(H2,6,7,8)/q+1. The second-order valence-corrected chi connectivity index (χ2v) is 2.88. The number of nitrogens with one attached hydrogen (secondary N) is 3. The molecule has 54 valence electrons. The van der Waals surface area contributed by atoms with E-state index in [1.54, 1.807) is 7.05 Å². The molecule has 0 amide bonds. The molecule has 0 rings (SSSR count). The van der Waals surface area contributed by atoms with Crippen molar-refractivity contribution in [2.45, 2.75) is 0 Å². The molecule has 9 heavy (non-hydrogen) atoms. The Labute approximate surface area is 56.3 Å². The van der Waals surface area contributed by atoms with Crippen molar-refractivity contribution in [1.82, 2.24) is 15.5 Å². The third-order valence-corrected chi connectivity index (χ3v) is 1.75. The molecule has 1 atom stereocenters. The molecule has 0 aromatic heterocycles. The van der Waals surface area contributed by atoms with Crippen molar-refractivity contribution < 1.29 is 4.57 Å². The fourth-order valence-electron chi connectivity index (χ4n) is 0.362. The summed E-state index contributed by atoms with van der Waals surface area (Å²) in [6.45, 7) is 1.56.